The molecule has 0 heterocycles. The molecule has 1 N–H and O–H groups in total. The monoisotopic (exact) mass is 265 g/mol. The molecule has 0 bridgehead atoms. The lowest BCUT2D eigenvalue weighted by Gasteiger charge is -2.00. The Morgan fingerprint density at radius 2 is 1.80 bits per heavy atom. The minimum Gasteiger partial charge on any atom is -0.497 e. The van der Waals surface area contributed by atoms with Crippen LogP contribution in [-0.4, -0.2) is 19.6 Å². The highest BCUT2D eigenvalue weighted by Gasteiger charge is 2.01. The van der Waals surface area contributed by atoms with Crippen LogP contribution < -0.4 is 10.1 Å². The van der Waals surface area contributed by atoms with Gasteiger partial charge in [0, 0.05) is 11.1 Å². The summed E-state index contributed by atoms with van der Waals surface area (Å²) >= 11 is 0. The first-order valence-electron chi connectivity index (χ1n) is 6.26. The van der Waals surface area contributed by atoms with Gasteiger partial charge in [0.1, 0.15) is 5.75 Å². The Bertz CT molecular complexity index is 622. The maximum Gasteiger partial charge on any atom is 0.252 e. The van der Waals surface area contributed by atoms with E-state index in [0.717, 1.165) is 11.3 Å². The van der Waals surface area contributed by atoms with Gasteiger partial charge in [-0.1, -0.05) is 30.0 Å². The molecule has 0 unspecified atom stereocenters. The molecule has 100 valence electrons. The van der Waals surface area contributed by atoms with E-state index in [9.17, 15) is 4.79 Å². The quantitative estimate of drug-likeness (QED) is 0.866. The summed E-state index contributed by atoms with van der Waals surface area (Å²) in [6, 6.07) is 16.5. The van der Waals surface area contributed by atoms with Gasteiger partial charge in [0.15, 0.2) is 0 Å². The molecule has 2 aromatic rings. The number of carbonyl (C=O) groups is 1. The molecule has 0 aliphatic rings. The van der Waals surface area contributed by atoms with Gasteiger partial charge in [-0.25, -0.2) is 0 Å². The van der Waals surface area contributed by atoms with Gasteiger partial charge in [-0.3, -0.25) is 4.79 Å². The zero-order valence-electron chi connectivity index (χ0n) is 11.2. The van der Waals surface area contributed by atoms with E-state index >= 15 is 0 Å². The predicted molar refractivity (Wildman–Crippen MR) is 78.6 cm³/mol. The Balaban J connectivity index is 1.87. The molecule has 0 aliphatic carbocycles. The molecule has 20 heavy (non-hydrogen) atoms. The molecular formula is C17H15NO2. The summed E-state index contributed by atoms with van der Waals surface area (Å²) in [6.07, 6.45) is 0. The molecule has 0 aliphatic heterocycles. The topological polar surface area (TPSA) is 38.3 Å². The highest BCUT2D eigenvalue weighted by atomic mass is 16.5. The maximum absolute atomic E-state index is 11.7. The fourth-order valence-corrected chi connectivity index (χ4v) is 1.64. The van der Waals surface area contributed by atoms with E-state index in [2.05, 4.69) is 17.2 Å². The van der Waals surface area contributed by atoms with Gasteiger partial charge in [-0.15, -0.1) is 0 Å². The van der Waals surface area contributed by atoms with E-state index in [1.807, 2.05) is 42.5 Å². The van der Waals surface area contributed by atoms with Crippen molar-refractivity contribution in [1.82, 2.24) is 5.32 Å². The molecule has 3 nitrogen and oxygen atoms in total. The summed E-state index contributed by atoms with van der Waals surface area (Å²) in [5.41, 5.74) is 1.53. The highest BCUT2D eigenvalue weighted by molar-refractivity contribution is 5.94. The molecule has 0 aromatic heterocycles. The average Bonchev–Trinajstić information content (AvgIpc) is 2.53. The van der Waals surface area contributed by atoms with Gasteiger partial charge in [0.25, 0.3) is 5.91 Å². The summed E-state index contributed by atoms with van der Waals surface area (Å²) in [7, 11) is 1.62. The van der Waals surface area contributed by atoms with Crippen molar-refractivity contribution in [3.8, 4) is 17.6 Å². The molecule has 1 amide bonds. The van der Waals surface area contributed by atoms with Crippen molar-refractivity contribution in [2.45, 2.75) is 0 Å². The third-order valence-corrected chi connectivity index (χ3v) is 2.70. The second kappa shape index (κ2) is 7.01. The Labute approximate surface area is 118 Å². The minimum atomic E-state index is -0.116. The van der Waals surface area contributed by atoms with Crippen molar-refractivity contribution in [1.29, 1.82) is 0 Å². The van der Waals surface area contributed by atoms with E-state index < -0.39 is 0 Å². The van der Waals surface area contributed by atoms with Gasteiger partial charge >= 0.3 is 0 Å². The number of carbonyl (C=O) groups excluding carboxylic acids is 1. The molecule has 0 saturated carbocycles. The van der Waals surface area contributed by atoms with E-state index in [1.54, 1.807) is 19.2 Å². The Hall–Kier alpha value is -2.73. The van der Waals surface area contributed by atoms with Crippen molar-refractivity contribution >= 4 is 5.91 Å². The predicted octanol–water partition coefficient (Wildman–Crippen LogP) is 2.48. The summed E-state index contributed by atoms with van der Waals surface area (Å²) in [5.74, 6) is 6.58. The molecule has 2 rings (SSSR count). The van der Waals surface area contributed by atoms with Crippen LogP contribution >= 0.6 is 0 Å². The van der Waals surface area contributed by atoms with E-state index in [1.165, 1.54) is 0 Å². The normalized spacial score (nSPS) is 9.25. The summed E-state index contributed by atoms with van der Waals surface area (Å²) in [4.78, 5) is 11.7. The maximum atomic E-state index is 11.7. The van der Waals surface area contributed by atoms with Gasteiger partial charge < -0.3 is 10.1 Å². The smallest absolute Gasteiger partial charge is 0.252 e. The zero-order chi connectivity index (χ0) is 14.2. The second-order valence-corrected chi connectivity index (χ2v) is 4.08. The van der Waals surface area contributed by atoms with Crippen LogP contribution in [0.1, 0.15) is 15.9 Å². The molecule has 3 heteroatoms. The lowest BCUT2D eigenvalue weighted by atomic mass is 10.2. The number of benzene rings is 2. The van der Waals surface area contributed by atoms with Crippen molar-refractivity contribution in [2.75, 3.05) is 13.7 Å². The van der Waals surface area contributed by atoms with Crippen molar-refractivity contribution < 1.29 is 9.53 Å². The van der Waals surface area contributed by atoms with Gasteiger partial charge in [0.2, 0.25) is 0 Å². The molecule has 0 radical (unpaired) electrons. The van der Waals surface area contributed by atoms with Crippen LogP contribution in [0.15, 0.2) is 54.6 Å². The standard InChI is InChI=1S/C17H15NO2/c1-20-16-11-9-14(10-12-16)6-5-13-18-17(19)15-7-3-2-4-8-15/h2-4,7-12H,13H2,1H3,(H,18,19). The number of amides is 1. The molecule has 2 aromatic carbocycles. The number of ether oxygens (including phenoxy) is 1. The van der Waals surface area contributed by atoms with E-state index in [0.29, 0.717) is 12.1 Å². The van der Waals surface area contributed by atoms with Gasteiger partial charge in [0.05, 0.1) is 13.7 Å². The molecule has 0 saturated heterocycles. The van der Waals surface area contributed by atoms with Crippen molar-refractivity contribution in [2.24, 2.45) is 0 Å². The van der Waals surface area contributed by atoms with Crippen LogP contribution in [0, 0.1) is 11.8 Å². The van der Waals surface area contributed by atoms with Crippen molar-refractivity contribution in [3.05, 3.63) is 65.7 Å². The SMILES string of the molecule is COc1ccc(C#CCNC(=O)c2ccccc2)cc1. The number of hydrogen-bond donors (Lipinski definition) is 1. The second-order valence-electron chi connectivity index (χ2n) is 4.08. The van der Waals surface area contributed by atoms with E-state index in [4.69, 9.17) is 4.74 Å². The largest absolute Gasteiger partial charge is 0.497 e. The first-order chi connectivity index (χ1) is 9.79. The van der Waals surface area contributed by atoms with Crippen LogP contribution in [0.4, 0.5) is 0 Å². The first-order valence-corrected chi connectivity index (χ1v) is 6.26. The zero-order valence-corrected chi connectivity index (χ0v) is 11.2. The van der Waals surface area contributed by atoms with Crippen LogP contribution in [-0.2, 0) is 0 Å². The van der Waals surface area contributed by atoms with Crippen LogP contribution in [0.2, 0.25) is 0 Å². The Morgan fingerprint density at radius 3 is 2.45 bits per heavy atom. The summed E-state index contributed by atoms with van der Waals surface area (Å²) in [6.45, 7) is 0.319. The van der Waals surface area contributed by atoms with Gasteiger partial charge in [-0.05, 0) is 36.4 Å². The molecule has 0 spiro atoms. The van der Waals surface area contributed by atoms with E-state index in [-0.39, 0.29) is 5.91 Å². The molecule has 0 fully saturated rings. The molecule has 0 atom stereocenters. The Morgan fingerprint density at radius 1 is 1.10 bits per heavy atom. The van der Waals surface area contributed by atoms with Crippen LogP contribution in [0.5, 0.6) is 5.75 Å². The third-order valence-electron chi connectivity index (χ3n) is 2.70. The lowest BCUT2D eigenvalue weighted by Crippen LogP contribution is -2.23. The van der Waals surface area contributed by atoms with Crippen LogP contribution in [0.25, 0.3) is 0 Å². The number of nitrogens with one attached hydrogen (secondary N) is 1. The Kier molecular flexibility index (Phi) is 4.80. The number of methoxy groups -OCH3 is 1. The highest BCUT2D eigenvalue weighted by Crippen LogP contribution is 2.09. The number of hydrogen-bond acceptors (Lipinski definition) is 2. The summed E-state index contributed by atoms with van der Waals surface area (Å²) in [5, 5.41) is 2.75. The molecular weight excluding hydrogens is 250 g/mol. The lowest BCUT2D eigenvalue weighted by molar-refractivity contribution is 0.0958. The summed E-state index contributed by atoms with van der Waals surface area (Å²) < 4.78 is 5.07. The van der Waals surface area contributed by atoms with Crippen LogP contribution in [0.3, 0.4) is 0 Å². The van der Waals surface area contributed by atoms with Gasteiger partial charge in [-0.2, -0.15) is 0 Å². The average molecular weight is 265 g/mol. The minimum absolute atomic E-state index is 0.116. The third kappa shape index (κ3) is 3.89. The first kappa shape index (κ1) is 13.7. The number of rotatable bonds is 3. The van der Waals surface area contributed by atoms with Crippen molar-refractivity contribution in [3.63, 3.8) is 0 Å². The fraction of sp³-hybridized carbons (Fsp3) is 0.118. The fourth-order valence-electron chi connectivity index (χ4n) is 1.64.